The van der Waals surface area contributed by atoms with Gasteiger partial charge in [-0.25, -0.2) is 4.68 Å². The molecule has 0 radical (unpaired) electrons. The third kappa shape index (κ3) is 5.44. The number of hydrogen-bond acceptors (Lipinski definition) is 3. The summed E-state index contributed by atoms with van der Waals surface area (Å²) in [6, 6.07) is 15.8. The number of hydrogen-bond donors (Lipinski definition) is 2. The van der Waals surface area contributed by atoms with Crippen molar-refractivity contribution in [2.75, 3.05) is 11.9 Å². The van der Waals surface area contributed by atoms with Crippen LogP contribution in [0.4, 0.5) is 18.9 Å². The first-order chi connectivity index (χ1) is 13.8. The van der Waals surface area contributed by atoms with Crippen molar-refractivity contribution in [1.29, 1.82) is 0 Å². The molecule has 9 heteroatoms. The van der Waals surface area contributed by atoms with E-state index in [9.17, 15) is 22.8 Å². The fraction of sp³-hybridized carbons (Fsp3) is 0.150. The van der Waals surface area contributed by atoms with E-state index in [0.29, 0.717) is 16.9 Å². The van der Waals surface area contributed by atoms with Crippen LogP contribution in [0.3, 0.4) is 0 Å². The molecule has 0 aliphatic heterocycles. The van der Waals surface area contributed by atoms with Gasteiger partial charge in [0.2, 0.25) is 5.91 Å². The second kappa shape index (κ2) is 8.59. The zero-order chi connectivity index (χ0) is 20.9. The van der Waals surface area contributed by atoms with Gasteiger partial charge in [-0.2, -0.15) is 18.3 Å². The third-order valence-corrected chi connectivity index (χ3v) is 3.97. The topological polar surface area (TPSA) is 76.0 Å². The van der Waals surface area contributed by atoms with E-state index in [1.54, 1.807) is 24.3 Å². The normalized spacial score (nSPS) is 11.1. The number of carbonyl (C=O) groups excluding carboxylic acids is 2. The third-order valence-electron chi connectivity index (χ3n) is 3.97. The van der Waals surface area contributed by atoms with Crippen LogP contribution in [-0.2, 0) is 11.0 Å². The predicted molar refractivity (Wildman–Crippen MR) is 101 cm³/mol. The van der Waals surface area contributed by atoms with Crippen molar-refractivity contribution in [2.24, 2.45) is 0 Å². The lowest BCUT2D eigenvalue weighted by molar-refractivity contribution is -0.141. The Balaban J connectivity index is 1.51. The van der Waals surface area contributed by atoms with Gasteiger partial charge in [0.05, 0.1) is 5.69 Å². The smallest absolute Gasteiger partial charge is 0.352 e. The first-order valence-electron chi connectivity index (χ1n) is 8.69. The van der Waals surface area contributed by atoms with Gasteiger partial charge in [0.25, 0.3) is 5.91 Å². The molecule has 3 aromatic rings. The highest BCUT2D eigenvalue weighted by Gasteiger charge is 2.33. The summed E-state index contributed by atoms with van der Waals surface area (Å²) in [5, 5.41) is 8.82. The number of halogens is 3. The Morgan fingerprint density at radius 1 is 0.966 bits per heavy atom. The Hall–Kier alpha value is -3.62. The van der Waals surface area contributed by atoms with Crippen molar-refractivity contribution in [3.63, 3.8) is 0 Å². The van der Waals surface area contributed by atoms with Gasteiger partial charge >= 0.3 is 6.18 Å². The molecule has 6 nitrogen and oxygen atoms in total. The molecule has 3 rings (SSSR count). The average molecular weight is 402 g/mol. The van der Waals surface area contributed by atoms with Gasteiger partial charge < -0.3 is 10.6 Å². The van der Waals surface area contributed by atoms with E-state index in [2.05, 4.69) is 15.7 Å². The standard InChI is InChI=1S/C20H17F3N4O2/c21-20(22,23)17-11-13-27(26-17)16-8-6-14(7-9-16)19(29)24-12-10-18(28)25-15-4-2-1-3-5-15/h1-9,11,13H,10,12H2,(H,24,29)(H,25,28). The molecule has 0 bridgehead atoms. The van der Waals surface area contributed by atoms with Crippen LogP contribution in [0.1, 0.15) is 22.5 Å². The lowest BCUT2D eigenvalue weighted by atomic mass is 10.2. The Morgan fingerprint density at radius 2 is 1.66 bits per heavy atom. The van der Waals surface area contributed by atoms with E-state index in [1.807, 2.05) is 6.07 Å². The SMILES string of the molecule is O=C(CCNC(=O)c1ccc(-n2ccc(C(F)(F)F)n2)cc1)Nc1ccccc1. The number of anilines is 1. The second-order valence-electron chi connectivity index (χ2n) is 6.11. The number of nitrogens with zero attached hydrogens (tertiary/aromatic N) is 2. The van der Waals surface area contributed by atoms with Crippen molar-refractivity contribution in [3.8, 4) is 5.69 Å². The average Bonchev–Trinajstić information content (AvgIpc) is 3.19. The summed E-state index contributed by atoms with van der Waals surface area (Å²) in [4.78, 5) is 24.0. The maximum Gasteiger partial charge on any atom is 0.435 e. The lowest BCUT2D eigenvalue weighted by Crippen LogP contribution is -2.27. The van der Waals surface area contributed by atoms with Gasteiger partial charge in [-0.15, -0.1) is 0 Å². The van der Waals surface area contributed by atoms with Gasteiger partial charge in [0.15, 0.2) is 5.69 Å². The van der Waals surface area contributed by atoms with E-state index in [4.69, 9.17) is 0 Å². The summed E-state index contributed by atoms with van der Waals surface area (Å²) in [6.45, 7) is 0.146. The van der Waals surface area contributed by atoms with Crippen molar-refractivity contribution in [3.05, 3.63) is 78.1 Å². The number of rotatable bonds is 6. The van der Waals surface area contributed by atoms with Crippen LogP contribution in [0.2, 0.25) is 0 Å². The number of aromatic nitrogens is 2. The predicted octanol–water partition coefficient (Wildman–Crippen LogP) is 3.65. The molecule has 29 heavy (non-hydrogen) atoms. The molecule has 150 valence electrons. The van der Waals surface area contributed by atoms with Gasteiger partial charge in [-0.1, -0.05) is 18.2 Å². The van der Waals surface area contributed by atoms with Gasteiger partial charge in [0, 0.05) is 30.4 Å². The maximum atomic E-state index is 12.6. The molecule has 1 heterocycles. The van der Waals surface area contributed by atoms with E-state index in [0.717, 1.165) is 10.7 Å². The number of alkyl halides is 3. The molecular formula is C20H17F3N4O2. The molecule has 0 atom stereocenters. The number of benzene rings is 2. The summed E-state index contributed by atoms with van der Waals surface area (Å²) in [5.41, 5.74) is 0.388. The fourth-order valence-corrected chi connectivity index (χ4v) is 2.52. The quantitative estimate of drug-likeness (QED) is 0.661. The monoisotopic (exact) mass is 402 g/mol. The number of carbonyl (C=O) groups is 2. The maximum absolute atomic E-state index is 12.6. The highest BCUT2D eigenvalue weighted by atomic mass is 19.4. The number of amides is 2. The van der Waals surface area contributed by atoms with Crippen LogP contribution < -0.4 is 10.6 Å². The highest BCUT2D eigenvalue weighted by Crippen LogP contribution is 2.27. The van der Waals surface area contributed by atoms with Gasteiger partial charge in [0.1, 0.15) is 0 Å². The Bertz CT molecular complexity index is 983. The van der Waals surface area contributed by atoms with Gasteiger partial charge in [-0.3, -0.25) is 9.59 Å². The van der Waals surface area contributed by atoms with Crippen molar-refractivity contribution < 1.29 is 22.8 Å². The van der Waals surface area contributed by atoms with Crippen LogP contribution in [0.5, 0.6) is 0 Å². The first kappa shape index (κ1) is 20.1. The molecule has 2 aromatic carbocycles. The Kier molecular flexibility index (Phi) is 5.96. The van der Waals surface area contributed by atoms with Crippen LogP contribution in [0.25, 0.3) is 5.69 Å². The molecule has 0 aliphatic carbocycles. The zero-order valence-corrected chi connectivity index (χ0v) is 15.1. The highest BCUT2D eigenvalue weighted by molar-refractivity contribution is 5.95. The summed E-state index contributed by atoms with van der Waals surface area (Å²) in [7, 11) is 0. The molecule has 0 fully saturated rings. The molecule has 2 amide bonds. The molecule has 2 N–H and O–H groups in total. The van der Waals surface area contributed by atoms with E-state index in [-0.39, 0.29) is 24.8 Å². The minimum atomic E-state index is -4.52. The van der Waals surface area contributed by atoms with Crippen LogP contribution >= 0.6 is 0 Å². The Labute approximate surface area is 164 Å². The minimum absolute atomic E-state index is 0.103. The van der Waals surface area contributed by atoms with Crippen LogP contribution in [0, 0.1) is 0 Å². The molecule has 0 unspecified atom stereocenters. The summed E-state index contributed by atoms with van der Waals surface area (Å²) < 4.78 is 39.0. The summed E-state index contributed by atoms with van der Waals surface area (Å²) in [5.74, 6) is -0.619. The summed E-state index contributed by atoms with van der Waals surface area (Å²) >= 11 is 0. The minimum Gasteiger partial charge on any atom is -0.352 e. The Morgan fingerprint density at radius 3 is 2.28 bits per heavy atom. The van der Waals surface area contributed by atoms with Crippen molar-refractivity contribution in [1.82, 2.24) is 15.1 Å². The van der Waals surface area contributed by atoms with Gasteiger partial charge in [-0.05, 0) is 42.5 Å². The second-order valence-corrected chi connectivity index (χ2v) is 6.11. The first-order valence-corrected chi connectivity index (χ1v) is 8.69. The van der Waals surface area contributed by atoms with E-state index < -0.39 is 11.9 Å². The van der Waals surface area contributed by atoms with Crippen molar-refractivity contribution in [2.45, 2.75) is 12.6 Å². The molecule has 0 saturated carbocycles. The number of nitrogens with one attached hydrogen (secondary N) is 2. The fourth-order valence-electron chi connectivity index (χ4n) is 2.52. The molecule has 0 spiro atoms. The van der Waals surface area contributed by atoms with Crippen LogP contribution in [0.15, 0.2) is 66.9 Å². The summed E-state index contributed by atoms with van der Waals surface area (Å²) in [6.07, 6.45) is -3.21. The van der Waals surface area contributed by atoms with Crippen LogP contribution in [-0.4, -0.2) is 28.1 Å². The molecular weight excluding hydrogens is 385 g/mol. The largest absolute Gasteiger partial charge is 0.435 e. The number of para-hydroxylation sites is 1. The van der Waals surface area contributed by atoms with E-state index in [1.165, 1.54) is 30.5 Å². The molecule has 1 aromatic heterocycles. The zero-order valence-electron chi connectivity index (χ0n) is 15.1. The molecule has 0 aliphatic rings. The lowest BCUT2D eigenvalue weighted by Gasteiger charge is -2.08. The molecule has 0 saturated heterocycles. The van der Waals surface area contributed by atoms with Crippen molar-refractivity contribution >= 4 is 17.5 Å². The van der Waals surface area contributed by atoms with E-state index >= 15 is 0 Å².